The Balaban J connectivity index is 2.73. The summed E-state index contributed by atoms with van der Waals surface area (Å²) in [5.74, 6) is 0.899. The Kier molecular flexibility index (Phi) is 3.36. The molecule has 0 aromatic carbocycles. The monoisotopic (exact) mass is 202 g/mol. The van der Waals surface area contributed by atoms with Crippen LogP contribution in [-0.2, 0) is 9.59 Å². The Morgan fingerprint density at radius 3 is 2.31 bits per heavy atom. The fourth-order valence-electron chi connectivity index (χ4n) is 1.70. The number of aliphatic carboxylic acids is 1. The van der Waals surface area contributed by atoms with Crippen molar-refractivity contribution >= 4 is 23.5 Å². The molecule has 13 heavy (non-hydrogen) atoms. The van der Waals surface area contributed by atoms with Crippen LogP contribution in [0.1, 0.15) is 26.2 Å². The average Bonchev–Trinajstić information content (AvgIpc) is 2.04. The molecular formula is C9H14O3S. The van der Waals surface area contributed by atoms with E-state index in [-0.39, 0.29) is 12.2 Å². The first-order valence-electron chi connectivity index (χ1n) is 4.37. The standard InChI is InChI=1S/C9H14O3S/c1-7(10)6-9(8(11)12)2-4-13-5-3-9/h2-6H2,1H3,(H,11,12). The molecule has 0 atom stereocenters. The van der Waals surface area contributed by atoms with E-state index in [0.717, 1.165) is 11.5 Å². The van der Waals surface area contributed by atoms with Gasteiger partial charge in [0, 0.05) is 6.42 Å². The maximum atomic E-state index is 11.1. The SMILES string of the molecule is CC(=O)CC1(C(=O)O)CCSCC1. The van der Waals surface area contributed by atoms with Crippen molar-refractivity contribution < 1.29 is 14.7 Å². The molecule has 0 unspecified atom stereocenters. The van der Waals surface area contributed by atoms with Crippen LogP contribution in [-0.4, -0.2) is 28.4 Å². The van der Waals surface area contributed by atoms with Gasteiger partial charge in [0.2, 0.25) is 0 Å². The van der Waals surface area contributed by atoms with Gasteiger partial charge >= 0.3 is 5.97 Å². The summed E-state index contributed by atoms with van der Waals surface area (Å²) >= 11 is 1.77. The minimum absolute atomic E-state index is 0.0192. The van der Waals surface area contributed by atoms with Crippen molar-refractivity contribution in [3.05, 3.63) is 0 Å². The molecule has 1 heterocycles. The number of hydrogen-bond donors (Lipinski definition) is 1. The number of carbonyl (C=O) groups excluding carboxylic acids is 1. The first-order valence-corrected chi connectivity index (χ1v) is 5.53. The summed E-state index contributed by atoms with van der Waals surface area (Å²) < 4.78 is 0. The topological polar surface area (TPSA) is 54.4 Å². The molecule has 1 rings (SSSR count). The maximum Gasteiger partial charge on any atom is 0.310 e. The molecule has 0 aliphatic carbocycles. The van der Waals surface area contributed by atoms with Crippen LogP contribution in [0.3, 0.4) is 0 Å². The van der Waals surface area contributed by atoms with Gasteiger partial charge in [0.25, 0.3) is 0 Å². The third-order valence-electron chi connectivity index (χ3n) is 2.49. The second-order valence-corrected chi connectivity index (χ2v) is 4.80. The average molecular weight is 202 g/mol. The highest BCUT2D eigenvalue weighted by Gasteiger charge is 2.40. The second kappa shape index (κ2) is 4.13. The highest BCUT2D eigenvalue weighted by atomic mass is 32.2. The summed E-state index contributed by atoms with van der Waals surface area (Å²) in [7, 11) is 0. The molecule has 0 saturated carbocycles. The van der Waals surface area contributed by atoms with Crippen LogP contribution < -0.4 is 0 Å². The first kappa shape index (κ1) is 10.6. The summed E-state index contributed by atoms with van der Waals surface area (Å²) in [5.41, 5.74) is -0.753. The third kappa shape index (κ3) is 2.46. The largest absolute Gasteiger partial charge is 0.481 e. The lowest BCUT2D eigenvalue weighted by Crippen LogP contribution is -2.36. The highest BCUT2D eigenvalue weighted by Crippen LogP contribution is 2.38. The van der Waals surface area contributed by atoms with Crippen molar-refractivity contribution in [2.75, 3.05) is 11.5 Å². The lowest BCUT2D eigenvalue weighted by Gasteiger charge is -2.31. The molecule has 0 bridgehead atoms. The van der Waals surface area contributed by atoms with Crippen LogP contribution in [0.4, 0.5) is 0 Å². The normalized spacial score (nSPS) is 21.0. The van der Waals surface area contributed by atoms with Gasteiger partial charge in [0.05, 0.1) is 5.41 Å². The van der Waals surface area contributed by atoms with Crippen LogP contribution in [0.2, 0.25) is 0 Å². The summed E-state index contributed by atoms with van der Waals surface area (Å²) in [6, 6.07) is 0. The van der Waals surface area contributed by atoms with Gasteiger partial charge < -0.3 is 5.11 Å². The minimum Gasteiger partial charge on any atom is -0.481 e. The second-order valence-electron chi connectivity index (χ2n) is 3.58. The molecule has 1 saturated heterocycles. The fourth-order valence-corrected chi connectivity index (χ4v) is 2.98. The van der Waals surface area contributed by atoms with E-state index in [4.69, 9.17) is 5.11 Å². The first-order chi connectivity index (χ1) is 6.07. The number of ketones is 1. The van der Waals surface area contributed by atoms with Gasteiger partial charge in [-0.3, -0.25) is 9.59 Å². The van der Waals surface area contributed by atoms with Gasteiger partial charge in [-0.25, -0.2) is 0 Å². The molecule has 1 fully saturated rings. The van der Waals surface area contributed by atoms with Crippen molar-refractivity contribution in [2.24, 2.45) is 5.41 Å². The predicted molar refractivity (Wildman–Crippen MR) is 51.9 cm³/mol. The smallest absolute Gasteiger partial charge is 0.310 e. The van der Waals surface area contributed by atoms with E-state index in [0.29, 0.717) is 12.8 Å². The van der Waals surface area contributed by atoms with E-state index in [1.165, 1.54) is 6.92 Å². The van der Waals surface area contributed by atoms with Crippen LogP contribution in [0.25, 0.3) is 0 Å². The molecule has 3 nitrogen and oxygen atoms in total. The van der Waals surface area contributed by atoms with Crippen molar-refractivity contribution in [1.82, 2.24) is 0 Å². The number of rotatable bonds is 3. The fraction of sp³-hybridized carbons (Fsp3) is 0.778. The summed E-state index contributed by atoms with van der Waals surface area (Å²) in [4.78, 5) is 22.0. The van der Waals surface area contributed by atoms with E-state index in [1.807, 2.05) is 0 Å². The molecule has 0 aromatic rings. The zero-order valence-electron chi connectivity index (χ0n) is 7.71. The summed E-state index contributed by atoms with van der Waals surface area (Å²) in [6.07, 6.45) is 1.46. The number of thioether (sulfide) groups is 1. The third-order valence-corrected chi connectivity index (χ3v) is 3.48. The minimum atomic E-state index is -0.803. The van der Waals surface area contributed by atoms with Crippen molar-refractivity contribution in [2.45, 2.75) is 26.2 Å². The molecule has 1 aliphatic heterocycles. The van der Waals surface area contributed by atoms with Crippen molar-refractivity contribution in [3.63, 3.8) is 0 Å². The molecular weight excluding hydrogens is 188 g/mol. The van der Waals surface area contributed by atoms with Crippen LogP contribution >= 0.6 is 11.8 Å². The zero-order valence-corrected chi connectivity index (χ0v) is 8.52. The number of carboxylic acid groups (broad SMARTS) is 1. The van der Waals surface area contributed by atoms with Crippen molar-refractivity contribution in [1.29, 1.82) is 0 Å². The summed E-state index contributed by atoms with van der Waals surface area (Å²) in [5, 5.41) is 9.08. The number of hydrogen-bond acceptors (Lipinski definition) is 3. The lowest BCUT2D eigenvalue weighted by atomic mass is 9.78. The maximum absolute atomic E-state index is 11.1. The van der Waals surface area contributed by atoms with E-state index < -0.39 is 11.4 Å². The van der Waals surface area contributed by atoms with Gasteiger partial charge in [-0.2, -0.15) is 11.8 Å². The molecule has 0 amide bonds. The lowest BCUT2D eigenvalue weighted by molar-refractivity contribution is -0.151. The Bertz CT molecular complexity index is 219. The molecule has 74 valence electrons. The Morgan fingerprint density at radius 2 is 1.92 bits per heavy atom. The molecule has 1 aliphatic rings. The van der Waals surface area contributed by atoms with Gasteiger partial charge in [-0.05, 0) is 31.3 Å². The van der Waals surface area contributed by atoms with E-state index in [2.05, 4.69) is 0 Å². The zero-order chi connectivity index (χ0) is 9.90. The van der Waals surface area contributed by atoms with Crippen LogP contribution in [0.15, 0.2) is 0 Å². The van der Waals surface area contributed by atoms with E-state index in [9.17, 15) is 9.59 Å². The van der Waals surface area contributed by atoms with Crippen LogP contribution in [0.5, 0.6) is 0 Å². The van der Waals surface area contributed by atoms with E-state index >= 15 is 0 Å². The van der Waals surface area contributed by atoms with Crippen molar-refractivity contribution in [3.8, 4) is 0 Å². The Hall–Kier alpha value is -0.510. The van der Waals surface area contributed by atoms with Gasteiger partial charge in [-0.1, -0.05) is 0 Å². The van der Waals surface area contributed by atoms with Gasteiger partial charge in [0.15, 0.2) is 0 Å². The molecule has 1 N–H and O–H groups in total. The highest BCUT2D eigenvalue weighted by molar-refractivity contribution is 7.99. The van der Waals surface area contributed by atoms with Gasteiger partial charge in [0.1, 0.15) is 5.78 Å². The van der Waals surface area contributed by atoms with Crippen LogP contribution in [0, 0.1) is 5.41 Å². The number of Topliss-reactive ketones (excluding diaryl/α,β-unsaturated/α-hetero) is 1. The number of carbonyl (C=O) groups is 2. The quantitative estimate of drug-likeness (QED) is 0.754. The Labute approximate surface area is 81.9 Å². The summed E-state index contributed by atoms with van der Waals surface area (Å²) in [6.45, 7) is 1.46. The Morgan fingerprint density at radius 1 is 1.38 bits per heavy atom. The molecule has 0 radical (unpaired) electrons. The van der Waals surface area contributed by atoms with Gasteiger partial charge in [-0.15, -0.1) is 0 Å². The molecule has 0 aromatic heterocycles. The molecule has 0 spiro atoms. The number of carboxylic acids is 1. The molecule has 4 heteroatoms. The van der Waals surface area contributed by atoms with E-state index in [1.54, 1.807) is 11.8 Å². The predicted octanol–water partition coefficient (Wildman–Crippen LogP) is 1.56.